The molecule has 0 fully saturated rings. The minimum Gasteiger partial charge on any atom is -0.486 e. The molecular weight excluding hydrogens is 354 g/mol. The van der Waals surface area contributed by atoms with E-state index in [-0.39, 0.29) is 11.5 Å². The van der Waals surface area contributed by atoms with E-state index in [0.29, 0.717) is 0 Å². The Kier molecular flexibility index (Phi) is 3.37. The molecule has 29 heavy (non-hydrogen) atoms. The lowest BCUT2D eigenvalue weighted by atomic mass is 9.77. The van der Waals surface area contributed by atoms with Crippen LogP contribution in [0.15, 0.2) is 78.9 Å². The minimum absolute atomic E-state index is 0.231. The predicted molar refractivity (Wildman–Crippen MR) is 119 cm³/mol. The maximum atomic E-state index is 6.52. The molecular formula is C27H23NO. The van der Waals surface area contributed by atoms with Crippen LogP contribution in [0.3, 0.4) is 0 Å². The zero-order valence-corrected chi connectivity index (χ0v) is 16.7. The number of nitrogens with zero attached hydrogens (tertiary/aromatic N) is 1. The van der Waals surface area contributed by atoms with E-state index in [0.717, 1.165) is 12.3 Å². The van der Waals surface area contributed by atoms with Gasteiger partial charge in [0.05, 0.1) is 5.92 Å². The van der Waals surface area contributed by atoms with Crippen molar-refractivity contribution in [1.82, 2.24) is 4.57 Å². The standard InChI is InChI=1S/C27H23NO/c1-27(2)26-21(19-12-7-9-15-24(19)29-27)16-23-25(26)20-13-6-8-14-22(20)28(23)17-18-10-4-3-5-11-18/h3-16,26H,17H2,1-2H3/t26-/m1/s1. The first-order chi connectivity index (χ1) is 14.1. The molecule has 0 unspecified atom stereocenters. The van der Waals surface area contributed by atoms with E-state index in [2.05, 4.69) is 103 Å². The Hall–Kier alpha value is -3.26. The van der Waals surface area contributed by atoms with Gasteiger partial charge in [-0.3, -0.25) is 0 Å². The highest BCUT2D eigenvalue weighted by atomic mass is 16.5. The van der Waals surface area contributed by atoms with Crippen molar-refractivity contribution in [1.29, 1.82) is 0 Å². The van der Waals surface area contributed by atoms with Crippen LogP contribution in [0, 0.1) is 0 Å². The number of hydrogen-bond donors (Lipinski definition) is 0. The van der Waals surface area contributed by atoms with Crippen molar-refractivity contribution in [2.45, 2.75) is 31.9 Å². The van der Waals surface area contributed by atoms with Crippen molar-refractivity contribution in [2.75, 3.05) is 0 Å². The number of hydrogen-bond acceptors (Lipinski definition) is 1. The molecule has 2 heteroatoms. The summed E-state index contributed by atoms with van der Waals surface area (Å²) < 4.78 is 8.99. The third kappa shape index (κ3) is 2.35. The lowest BCUT2D eigenvalue weighted by Crippen LogP contribution is -2.39. The van der Waals surface area contributed by atoms with E-state index >= 15 is 0 Å². The van der Waals surface area contributed by atoms with E-state index in [1.165, 1.54) is 38.9 Å². The predicted octanol–water partition coefficient (Wildman–Crippen LogP) is 6.50. The Morgan fingerprint density at radius 2 is 1.59 bits per heavy atom. The molecule has 0 amide bonds. The molecule has 0 bridgehead atoms. The van der Waals surface area contributed by atoms with Crippen LogP contribution in [0.2, 0.25) is 0 Å². The van der Waals surface area contributed by atoms with Crippen molar-refractivity contribution in [3.8, 4) is 5.75 Å². The molecule has 0 N–H and O–H groups in total. The summed E-state index contributed by atoms with van der Waals surface area (Å²) in [5, 5.41) is 1.34. The molecule has 1 aromatic heterocycles. The van der Waals surface area contributed by atoms with Gasteiger partial charge in [0.2, 0.25) is 0 Å². The number of fused-ring (bicyclic) bond motifs is 7. The number of benzene rings is 3. The van der Waals surface area contributed by atoms with Gasteiger partial charge in [-0.1, -0.05) is 66.7 Å². The summed E-state index contributed by atoms with van der Waals surface area (Å²) in [4.78, 5) is 0. The molecule has 0 radical (unpaired) electrons. The average Bonchev–Trinajstić information content (AvgIpc) is 3.26. The Morgan fingerprint density at radius 3 is 2.45 bits per heavy atom. The minimum atomic E-state index is -0.298. The molecule has 2 aliphatic rings. The fourth-order valence-corrected chi connectivity index (χ4v) is 5.22. The monoisotopic (exact) mass is 377 g/mol. The normalized spacial score (nSPS) is 18.6. The second kappa shape index (κ2) is 5.87. The van der Waals surface area contributed by atoms with E-state index in [1.54, 1.807) is 0 Å². The van der Waals surface area contributed by atoms with Crippen molar-refractivity contribution >= 4 is 22.6 Å². The number of aromatic nitrogens is 1. The zero-order valence-electron chi connectivity index (χ0n) is 16.7. The molecule has 0 saturated carbocycles. The van der Waals surface area contributed by atoms with Gasteiger partial charge >= 0.3 is 0 Å². The summed E-state index contributed by atoms with van der Waals surface area (Å²) in [5.74, 6) is 1.22. The molecule has 6 rings (SSSR count). The number of rotatable bonds is 2. The van der Waals surface area contributed by atoms with E-state index < -0.39 is 0 Å². The largest absolute Gasteiger partial charge is 0.486 e. The first-order valence-corrected chi connectivity index (χ1v) is 10.3. The first kappa shape index (κ1) is 16.7. The van der Waals surface area contributed by atoms with Crippen LogP contribution in [0.5, 0.6) is 5.75 Å². The van der Waals surface area contributed by atoms with Crippen LogP contribution in [-0.4, -0.2) is 10.2 Å². The van der Waals surface area contributed by atoms with E-state index in [4.69, 9.17) is 4.74 Å². The second-order valence-corrected chi connectivity index (χ2v) is 8.62. The van der Waals surface area contributed by atoms with Crippen LogP contribution in [0.25, 0.3) is 22.6 Å². The van der Waals surface area contributed by atoms with Crippen LogP contribution >= 0.6 is 0 Å². The number of ether oxygens (including phenoxy) is 1. The topological polar surface area (TPSA) is 14.2 Å². The Labute approximate surface area is 171 Å². The third-order valence-corrected chi connectivity index (χ3v) is 6.39. The second-order valence-electron chi connectivity index (χ2n) is 8.62. The van der Waals surface area contributed by atoms with E-state index in [9.17, 15) is 0 Å². The van der Waals surface area contributed by atoms with Gasteiger partial charge in [0, 0.05) is 28.7 Å². The molecule has 0 spiro atoms. The maximum Gasteiger partial charge on any atom is 0.127 e. The average molecular weight is 377 g/mol. The fourth-order valence-electron chi connectivity index (χ4n) is 5.22. The molecule has 4 aromatic rings. The summed E-state index contributed by atoms with van der Waals surface area (Å²) in [6, 6.07) is 28.0. The molecule has 3 aromatic carbocycles. The van der Waals surface area contributed by atoms with Crippen molar-refractivity contribution in [3.05, 3.63) is 101 Å². The van der Waals surface area contributed by atoms with Crippen molar-refractivity contribution < 1.29 is 4.74 Å². The molecule has 1 aliphatic carbocycles. The molecule has 1 aliphatic heterocycles. The van der Waals surface area contributed by atoms with Gasteiger partial charge in [-0.15, -0.1) is 0 Å². The highest BCUT2D eigenvalue weighted by Crippen LogP contribution is 2.56. The van der Waals surface area contributed by atoms with Crippen molar-refractivity contribution in [2.24, 2.45) is 0 Å². The van der Waals surface area contributed by atoms with Gasteiger partial charge in [-0.2, -0.15) is 0 Å². The summed E-state index contributed by atoms with van der Waals surface area (Å²) in [7, 11) is 0. The Morgan fingerprint density at radius 1 is 0.862 bits per heavy atom. The van der Waals surface area contributed by atoms with Crippen LogP contribution in [0.1, 0.15) is 42.1 Å². The molecule has 1 atom stereocenters. The summed E-state index contributed by atoms with van der Waals surface area (Å²) >= 11 is 0. The summed E-state index contributed by atoms with van der Waals surface area (Å²) in [5.41, 5.74) is 7.66. The van der Waals surface area contributed by atoms with Crippen LogP contribution in [-0.2, 0) is 6.54 Å². The zero-order chi connectivity index (χ0) is 19.6. The lowest BCUT2D eigenvalue weighted by Gasteiger charge is -2.40. The third-order valence-electron chi connectivity index (χ3n) is 6.39. The van der Waals surface area contributed by atoms with Gasteiger partial charge in [0.1, 0.15) is 11.4 Å². The van der Waals surface area contributed by atoms with Gasteiger partial charge in [-0.05, 0) is 48.8 Å². The van der Waals surface area contributed by atoms with Gasteiger partial charge < -0.3 is 9.30 Å². The lowest BCUT2D eigenvalue weighted by molar-refractivity contribution is 0.0897. The van der Waals surface area contributed by atoms with Gasteiger partial charge in [-0.25, -0.2) is 0 Å². The smallest absolute Gasteiger partial charge is 0.127 e. The Balaban J connectivity index is 1.63. The number of para-hydroxylation sites is 2. The Bertz CT molecular complexity index is 1280. The summed E-state index contributed by atoms with van der Waals surface area (Å²) in [6.45, 7) is 5.32. The molecule has 0 saturated heterocycles. The SMILES string of the molecule is CC1(C)Oc2ccccc2C2=Cc3c(c4ccccc4n3Cc3ccccc3)[C@@H]21. The fraction of sp³-hybridized carbons (Fsp3) is 0.185. The van der Waals surface area contributed by atoms with Crippen molar-refractivity contribution in [3.63, 3.8) is 0 Å². The van der Waals surface area contributed by atoms with Gasteiger partial charge in [0.25, 0.3) is 0 Å². The highest BCUT2D eigenvalue weighted by molar-refractivity contribution is 6.02. The molecule has 142 valence electrons. The molecule has 2 nitrogen and oxygen atoms in total. The summed E-state index contributed by atoms with van der Waals surface area (Å²) in [6.07, 6.45) is 2.41. The van der Waals surface area contributed by atoms with Gasteiger partial charge in [0.15, 0.2) is 0 Å². The van der Waals surface area contributed by atoms with Crippen LogP contribution < -0.4 is 4.74 Å². The first-order valence-electron chi connectivity index (χ1n) is 10.3. The quantitative estimate of drug-likeness (QED) is 0.389. The van der Waals surface area contributed by atoms with E-state index in [1.807, 2.05) is 0 Å². The highest BCUT2D eigenvalue weighted by Gasteiger charge is 2.46. The van der Waals surface area contributed by atoms with Crippen LogP contribution in [0.4, 0.5) is 0 Å². The maximum absolute atomic E-state index is 6.52. The molecule has 2 heterocycles.